The molecule has 0 aliphatic carbocycles. The van der Waals surface area contributed by atoms with Crippen LogP contribution in [0.4, 0.5) is 0 Å². The first-order valence-corrected chi connectivity index (χ1v) is 12.8. The van der Waals surface area contributed by atoms with Crippen molar-refractivity contribution in [3.63, 3.8) is 0 Å². The molecule has 0 radical (unpaired) electrons. The number of carbonyl (C=O) groups excluding carboxylic acids is 1. The lowest BCUT2D eigenvalue weighted by molar-refractivity contribution is -0.139. The third-order valence-corrected chi connectivity index (χ3v) is 7.47. The Labute approximate surface area is 221 Å². The van der Waals surface area contributed by atoms with Crippen molar-refractivity contribution in [2.75, 3.05) is 13.7 Å². The van der Waals surface area contributed by atoms with Crippen LogP contribution in [-0.4, -0.2) is 29.4 Å². The van der Waals surface area contributed by atoms with Crippen molar-refractivity contribution in [1.29, 1.82) is 0 Å². The standard InChI is InChI=1S/C28H23ClN2O5S/c1-4-36-27(34)23-15(2)30-28-31(24(23)19-11-7-9-17-8-5-6-10-18(17)19)26(33)22(37-28)14-16-12-20(29)25(32)21(13-16)35-3/h5-14,24,32H,4H2,1-3H3/b22-14+/t24-/m0/s1. The molecule has 1 aliphatic rings. The fraction of sp³-hybridized carbons (Fsp3) is 0.179. The number of phenolic OH excluding ortho intramolecular Hbond substituents is 1. The highest BCUT2D eigenvalue weighted by atomic mass is 35.5. The lowest BCUT2D eigenvalue weighted by atomic mass is 9.91. The smallest absolute Gasteiger partial charge is 0.338 e. The first-order valence-electron chi connectivity index (χ1n) is 11.6. The van der Waals surface area contributed by atoms with E-state index in [4.69, 9.17) is 21.1 Å². The van der Waals surface area contributed by atoms with Crippen LogP contribution in [0.3, 0.4) is 0 Å². The van der Waals surface area contributed by atoms with E-state index in [-0.39, 0.29) is 28.7 Å². The van der Waals surface area contributed by atoms with Crippen LogP contribution >= 0.6 is 22.9 Å². The number of hydrogen-bond donors (Lipinski definition) is 1. The Bertz CT molecular complexity index is 1760. The van der Waals surface area contributed by atoms with Crippen molar-refractivity contribution >= 4 is 45.8 Å². The van der Waals surface area contributed by atoms with E-state index in [2.05, 4.69) is 4.99 Å². The summed E-state index contributed by atoms with van der Waals surface area (Å²) in [6.45, 7) is 3.70. The topological polar surface area (TPSA) is 90.1 Å². The Hall–Kier alpha value is -3.88. The van der Waals surface area contributed by atoms with Crippen LogP contribution in [0, 0.1) is 0 Å². The van der Waals surface area contributed by atoms with Gasteiger partial charge in [0.25, 0.3) is 5.56 Å². The van der Waals surface area contributed by atoms with Gasteiger partial charge in [0.1, 0.15) is 0 Å². The van der Waals surface area contributed by atoms with E-state index in [9.17, 15) is 14.7 Å². The summed E-state index contributed by atoms with van der Waals surface area (Å²) in [7, 11) is 1.42. The van der Waals surface area contributed by atoms with Crippen molar-refractivity contribution in [1.82, 2.24) is 4.57 Å². The Balaban J connectivity index is 1.79. The largest absolute Gasteiger partial charge is 0.503 e. The number of fused-ring (bicyclic) bond motifs is 2. The van der Waals surface area contributed by atoms with Gasteiger partial charge < -0.3 is 14.6 Å². The van der Waals surface area contributed by atoms with E-state index in [0.29, 0.717) is 26.2 Å². The molecule has 7 nitrogen and oxygen atoms in total. The maximum absolute atomic E-state index is 13.9. The van der Waals surface area contributed by atoms with Crippen LogP contribution < -0.4 is 19.6 Å². The van der Waals surface area contributed by atoms with E-state index in [1.54, 1.807) is 36.6 Å². The summed E-state index contributed by atoms with van der Waals surface area (Å²) in [5, 5.41) is 12.1. The Morgan fingerprint density at radius 1 is 1.22 bits per heavy atom. The van der Waals surface area contributed by atoms with Crippen molar-refractivity contribution in [3.8, 4) is 11.5 Å². The number of methoxy groups -OCH3 is 1. The van der Waals surface area contributed by atoms with Gasteiger partial charge in [0.05, 0.1) is 40.6 Å². The van der Waals surface area contributed by atoms with Crippen molar-refractivity contribution < 1.29 is 19.4 Å². The molecular weight excluding hydrogens is 512 g/mol. The second-order valence-corrected chi connectivity index (χ2v) is 9.84. The quantitative estimate of drug-likeness (QED) is 0.385. The Morgan fingerprint density at radius 3 is 2.73 bits per heavy atom. The lowest BCUT2D eigenvalue weighted by Gasteiger charge is -2.25. The number of ether oxygens (including phenoxy) is 2. The third kappa shape index (κ3) is 4.32. The van der Waals surface area contributed by atoms with Crippen molar-refractivity contribution in [2.24, 2.45) is 4.99 Å². The molecule has 37 heavy (non-hydrogen) atoms. The van der Waals surface area contributed by atoms with Gasteiger partial charge in [-0.15, -0.1) is 0 Å². The summed E-state index contributed by atoms with van der Waals surface area (Å²) >= 11 is 7.37. The molecule has 4 aromatic rings. The summed E-state index contributed by atoms with van der Waals surface area (Å²) in [5.74, 6) is -0.486. The number of rotatable bonds is 5. The molecule has 1 atom stereocenters. The molecule has 0 fully saturated rings. The van der Waals surface area contributed by atoms with Crippen LogP contribution in [0.25, 0.3) is 16.8 Å². The van der Waals surface area contributed by atoms with Crippen molar-refractivity contribution in [2.45, 2.75) is 19.9 Å². The third-order valence-electron chi connectivity index (χ3n) is 6.20. The van der Waals surface area contributed by atoms with Crippen LogP contribution in [0.1, 0.15) is 31.0 Å². The van der Waals surface area contributed by atoms with Gasteiger partial charge in [-0.05, 0) is 54.0 Å². The molecule has 0 spiro atoms. The minimum Gasteiger partial charge on any atom is -0.503 e. The number of halogens is 1. The number of esters is 1. The zero-order valence-electron chi connectivity index (χ0n) is 20.3. The SMILES string of the molecule is CCOC(=O)C1=C(C)N=c2s/c(=C/c3cc(Cl)c(O)c(OC)c3)c(=O)n2[C@H]1c1cccc2ccccc12. The highest BCUT2D eigenvalue weighted by Crippen LogP contribution is 2.36. The molecule has 0 amide bonds. The molecule has 3 aromatic carbocycles. The highest BCUT2D eigenvalue weighted by molar-refractivity contribution is 7.07. The summed E-state index contributed by atoms with van der Waals surface area (Å²) in [6, 6.07) is 16.1. The summed E-state index contributed by atoms with van der Waals surface area (Å²) in [4.78, 5) is 32.1. The molecule has 0 unspecified atom stereocenters. The monoisotopic (exact) mass is 534 g/mol. The van der Waals surface area contributed by atoms with Gasteiger partial charge in [-0.1, -0.05) is 65.4 Å². The van der Waals surface area contributed by atoms with E-state index in [0.717, 1.165) is 16.3 Å². The molecule has 9 heteroatoms. The zero-order valence-corrected chi connectivity index (χ0v) is 21.9. The molecular formula is C28H23ClN2O5S. The van der Waals surface area contributed by atoms with E-state index in [1.165, 1.54) is 18.4 Å². The van der Waals surface area contributed by atoms with E-state index >= 15 is 0 Å². The molecule has 1 aromatic heterocycles. The van der Waals surface area contributed by atoms with Gasteiger partial charge in [-0.3, -0.25) is 9.36 Å². The molecule has 5 rings (SSSR count). The number of benzene rings is 3. The summed E-state index contributed by atoms with van der Waals surface area (Å²) in [6.07, 6.45) is 1.67. The number of allylic oxidation sites excluding steroid dienone is 1. The molecule has 2 heterocycles. The number of nitrogens with zero attached hydrogens (tertiary/aromatic N) is 2. The number of aromatic nitrogens is 1. The van der Waals surface area contributed by atoms with Gasteiger partial charge in [-0.2, -0.15) is 0 Å². The van der Waals surface area contributed by atoms with Gasteiger partial charge >= 0.3 is 5.97 Å². The average Bonchev–Trinajstić information content (AvgIpc) is 3.19. The minimum atomic E-state index is -0.721. The molecule has 188 valence electrons. The van der Waals surface area contributed by atoms with Gasteiger partial charge in [-0.25, -0.2) is 9.79 Å². The second-order valence-electron chi connectivity index (χ2n) is 8.42. The van der Waals surface area contributed by atoms with Crippen LogP contribution in [0.2, 0.25) is 5.02 Å². The fourth-order valence-corrected chi connectivity index (χ4v) is 5.82. The van der Waals surface area contributed by atoms with E-state index < -0.39 is 12.0 Å². The molecule has 1 N–H and O–H groups in total. The second kappa shape index (κ2) is 9.88. The van der Waals surface area contributed by atoms with Gasteiger partial charge in [0, 0.05) is 0 Å². The highest BCUT2D eigenvalue weighted by Gasteiger charge is 2.34. The number of aromatic hydroxyl groups is 1. The van der Waals surface area contributed by atoms with Gasteiger partial charge in [0.2, 0.25) is 0 Å². The first-order chi connectivity index (χ1) is 17.8. The summed E-state index contributed by atoms with van der Waals surface area (Å²) < 4.78 is 12.5. The number of carbonyl (C=O) groups is 1. The van der Waals surface area contributed by atoms with Crippen LogP contribution in [0.15, 0.2) is 75.7 Å². The lowest BCUT2D eigenvalue weighted by Crippen LogP contribution is -2.40. The number of hydrogen-bond acceptors (Lipinski definition) is 7. The molecule has 0 saturated carbocycles. The maximum atomic E-state index is 13.9. The summed E-state index contributed by atoms with van der Waals surface area (Å²) in [5.41, 5.74) is 1.90. The average molecular weight is 535 g/mol. The number of phenols is 1. The van der Waals surface area contributed by atoms with Crippen LogP contribution in [0.5, 0.6) is 11.5 Å². The normalized spacial score (nSPS) is 15.5. The maximum Gasteiger partial charge on any atom is 0.338 e. The predicted octanol–water partition coefficient (Wildman–Crippen LogP) is 4.32. The minimum absolute atomic E-state index is 0.104. The Morgan fingerprint density at radius 2 is 1.97 bits per heavy atom. The first kappa shape index (κ1) is 24.8. The van der Waals surface area contributed by atoms with Crippen LogP contribution in [-0.2, 0) is 9.53 Å². The number of thiazole rings is 1. The van der Waals surface area contributed by atoms with E-state index in [1.807, 2.05) is 42.5 Å². The molecule has 0 saturated heterocycles. The van der Waals surface area contributed by atoms with Gasteiger partial charge in [0.15, 0.2) is 16.3 Å². The fourth-order valence-electron chi connectivity index (χ4n) is 4.56. The molecule has 1 aliphatic heterocycles. The zero-order chi connectivity index (χ0) is 26.3. The Kier molecular flexibility index (Phi) is 6.62. The molecule has 0 bridgehead atoms. The predicted molar refractivity (Wildman–Crippen MR) is 144 cm³/mol. The van der Waals surface area contributed by atoms with Crippen molar-refractivity contribution in [3.05, 3.63) is 102 Å².